The second-order valence-corrected chi connectivity index (χ2v) is 7.90. The standard InChI is InChI=1S/C17H16Cl2FNS.C2HF3O2/c18-15-9-16(19)17(14-5-7-21-6-4-13(14)15)22-10-11-2-1-3-12(20)8-11;3-2(4,5)1(6)7/h1-3,8-9,21H,4-7,10H2;(H,6,7). The van der Waals surface area contributed by atoms with Gasteiger partial charge in [0.1, 0.15) is 5.82 Å². The normalized spacial score (nSPS) is 13.7. The number of carboxylic acids is 1. The molecular weight excluding hydrogens is 453 g/mol. The first-order valence-electron chi connectivity index (χ1n) is 8.47. The molecule has 0 aliphatic carbocycles. The zero-order valence-corrected chi connectivity index (χ0v) is 17.3. The third-order valence-electron chi connectivity index (χ3n) is 4.02. The van der Waals surface area contributed by atoms with Gasteiger partial charge in [0.05, 0.1) is 5.02 Å². The first kappa shape index (κ1) is 23.8. The molecule has 2 N–H and O–H groups in total. The summed E-state index contributed by atoms with van der Waals surface area (Å²) in [6.45, 7) is 1.86. The van der Waals surface area contributed by atoms with Gasteiger partial charge in [0.2, 0.25) is 0 Å². The fourth-order valence-corrected chi connectivity index (χ4v) is 4.56. The summed E-state index contributed by atoms with van der Waals surface area (Å²) in [5.74, 6) is -2.27. The Kier molecular flexibility index (Phi) is 8.63. The predicted molar refractivity (Wildman–Crippen MR) is 106 cm³/mol. The largest absolute Gasteiger partial charge is 0.490 e. The minimum Gasteiger partial charge on any atom is -0.475 e. The summed E-state index contributed by atoms with van der Waals surface area (Å²) in [4.78, 5) is 9.97. The second-order valence-electron chi connectivity index (χ2n) is 6.10. The van der Waals surface area contributed by atoms with Crippen molar-refractivity contribution in [1.29, 1.82) is 0 Å². The molecule has 0 radical (unpaired) electrons. The van der Waals surface area contributed by atoms with Crippen LogP contribution < -0.4 is 5.32 Å². The van der Waals surface area contributed by atoms with Crippen LogP contribution in [0.15, 0.2) is 35.2 Å². The number of alkyl halides is 3. The molecule has 1 heterocycles. The number of thioether (sulfide) groups is 1. The van der Waals surface area contributed by atoms with E-state index in [0.29, 0.717) is 10.8 Å². The van der Waals surface area contributed by atoms with Crippen LogP contribution >= 0.6 is 35.0 Å². The van der Waals surface area contributed by atoms with Gasteiger partial charge in [-0.1, -0.05) is 35.3 Å². The van der Waals surface area contributed by atoms with E-state index in [-0.39, 0.29) is 5.82 Å². The lowest BCUT2D eigenvalue weighted by atomic mass is 10.0. The molecule has 0 aromatic heterocycles. The maximum Gasteiger partial charge on any atom is 0.490 e. The quantitative estimate of drug-likeness (QED) is 0.444. The van der Waals surface area contributed by atoms with Crippen molar-refractivity contribution in [3.05, 3.63) is 62.9 Å². The second kappa shape index (κ2) is 10.5. The van der Waals surface area contributed by atoms with Crippen molar-refractivity contribution in [3.8, 4) is 0 Å². The van der Waals surface area contributed by atoms with Crippen molar-refractivity contribution in [2.45, 2.75) is 29.7 Å². The average Bonchev–Trinajstić information content (AvgIpc) is 2.88. The van der Waals surface area contributed by atoms with E-state index in [4.69, 9.17) is 33.1 Å². The van der Waals surface area contributed by atoms with E-state index < -0.39 is 12.1 Å². The van der Waals surface area contributed by atoms with E-state index in [1.165, 1.54) is 17.2 Å². The molecule has 0 fully saturated rings. The molecule has 0 unspecified atom stereocenters. The lowest BCUT2D eigenvalue weighted by molar-refractivity contribution is -0.192. The van der Waals surface area contributed by atoms with Gasteiger partial charge in [0.25, 0.3) is 0 Å². The highest BCUT2D eigenvalue weighted by Crippen LogP contribution is 2.39. The van der Waals surface area contributed by atoms with Gasteiger partial charge in [-0.3, -0.25) is 0 Å². The van der Waals surface area contributed by atoms with Gasteiger partial charge >= 0.3 is 12.1 Å². The summed E-state index contributed by atoms with van der Waals surface area (Å²) in [7, 11) is 0. The third kappa shape index (κ3) is 7.06. The number of benzene rings is 2. The number of aliphatic carboxylic acids is 1. The molecule has 1 aliphatic heterocycles. The summed E-state index contributed by atoms with van der Waals surface area (Å²) >= 11 is 14.4. The van der Waals surface area contributed by atoms with Gasteiger partial charge in [-0.15, -0.1) is 11.8 Å². The summed E-state index contributed by atoms with van der Waals surface area (Å²) in [5.41, 5.74) is 3.39. The van der Waals surface area contributed by atoms with Crippen molar-refractivity contribution in [3.63, 3.8) is 0 Å². The number of nitrogens with one attached hydrogen (secondary N) is 1. The van der Waals surface area contributed by atoms with Crippen LogP contribution in [0.3, 0.4) is 0 Å². The molecule has 158 valence electrons. The highest BCUT2D eigenvalue weighted by atomic mass is 35.5. The zero-order valence-electron chi connectivity index (χ0n) is 15.0. The first-order valence-corrected chi connectivity index (χ1v) is 10.2. The summed E-state index contributed by atoms with van der Waals surface area (Å²) in [5, 5.41) is 11.9. The third-order valence-corrected chi connectivity index (χ3v) is 6.00. The van der Waals surface area contributed by atoms with Crippen LogP contribution in [0, 0.1) is 5.82 Å². The topological polar surface area (TPSA) is 49.3 Å². The SMILES string of the molecule is Fc1cccc(CSc2c(Cl)cc(Cl)c3c2CCNCC3)c1.O=C(O)C(F)(F)F. The highest BCUT2D eigenvalue weighted by molar-refractivity contribution is 7.98. The zero-order chi connectivity index (χ0) is 21.6. The number of rotatable bonds is 3. The molecule has 0 saturated carbocycles. The van der Waals surface area contributed by atoms with Gasteiger partial charge in [-0.2, -0.15) is 13.2 Å². The van der Waals surface area contributed by atoms with Crippen molar-refractivity contribution in [1.82, 2.24) is 5.32 Å². The number of hydrogen-bond acceptors (Lipinski definition) is 3. The Labute approximate surface area is 179 Å². The van der Waals surface area contributed by atoms with E-state index in [1.807, 2.05) is 12.1 Å². The lowest BCUT2D eigenvalue weighted by Gasteiger charge is -2.15. The van der Waals surface area contributed by atoms with Gasteiger partial charge in [-0.25, -0.2) is 9.18 Å². The van der Waals surface area contributed by atoms with Crippen molar-refractivity contribution >= 4 is 40.9 Å². The van der Waals surface area contributed by atoms with Gasteiger partial charge in [0.15, 0.2) is 0 Å². The lowest BCUT2D eigenvalue weighted by Crippen LogP contribution is -2.21. The summed E-state index contributed by atoms with van der Waals surface area (Å²) in [6, 6.07) is 8.53. The molecule has 3 rings (SSSR count). The molecular formula is C19H17Cl2F4NO2S. The number of fused-ring (bicyclic) bond motifs is 1. The van der Waals surface area contributed by atoms with Crippen molar-refractivity contribution < 1.29 is 27.5 Å². The average molecular weight is 470 g/mol. The van der Waals surface area contributed by atoms with Crippen LogP contribution in [0.5, 0.6) is 0 Å². The Balaban J connectivity index is 0.000000370. The van der Waals surface area contributed by atoms with Gasteiger partial charge in [-0.05, 0) is 60.8 Å². The molecule has 0 amide bonds. The molecule has 2 aromatic carbocycles. The minimum absolute atomic E-state index is 0.205. The van der Waals surface area contributed by atoms with E-state index in [1.54, 1.807) is 23.9 Å². The van der Waals surface area contributed by atoms with Crippen LogP contribution in [0.1, 0.15) is 16.7 Å². The number of carboxylic acid groups (broad SMARTS) is 1. The van der Waals surface area contributed by atoms with Gasteiger partial charge in [0, 0.05) is 15.7 Å². The Morgan fingerprint density at radius 2 is 1.72 bits per heavy atom. The van der Waals surface area contributed by atoms with Crippen molar-refractivity contribution in [2.24, 2.45) is 0 Å². The minimum atomic E-state index is -5.08. The first-order chi connectivity index (χ1) is 13.6. The Morgan fingerprint density at radius 1 is 1.10 bits per heavy atom. The summed E-state index contributed by atoms with van der Waals surface area (Å²) < 4.78 is 45.0. The van der Waals surface area contributed by atoms with Crippen LogP contribution in [-0.2, 0) is 23.4 Å². The number of hydrogen-bond donors (Lipinski definition) is 2. The molecule has 3 nitrogen and oxygen atoms in total. The maximum absolute atomic E-state index is 13.3. The fraction of sp³-hybridized carbons (Fsp3) is 0.316. The predicted octanol–water partition coefficient (Wildman–Crippen LogP) is 5.75. The van der Waals surface area contributed by atoms with Crippen LogP contribution in [0.2, 0.25) is 10.0 Å². The maximum atomic E-state index is 13.3. The van der Waals surface area contributed by atoms with Gasteiger partial charge < -0.3 is 10.4 Å². The molecule has 0 saturated heterocycles. The van der Waals surface area contributed by atoms with Crippen molar-refractivity contribution in [2.75, 3.05) is 13.1 Å². The van der Waals surface area contributed by atoms with E-state index >= 15 is 0 Å². The van der Waals surface area contributed by atoms with Crippen LogP contribution in [-0.4, -0.2) is 30.3 Å². The van der Waals surface area contributed by atoms with E-state index in [2.05, 4.69) is 5.32 Å². The molecule has 1 aliphatic rings. The molecule has 0 spiro atoms. The highest BCUT2D eigenvalue weighted by Gasteiger charge is 2.38. The van der Waals surface area contributed by atoms with E-state index in [0.717, 1.165) is 41.4 Å². The Morgan fingerprint density at radius 3 is 2.31 bits per heavy atom. The van der Waals surface area contributed by atoms with Crippen LogP contribution in [0.25, 0.3) is 0 Å². The van der Waals surface area contributed by atoms with E-state index in [9.17, 15) is 17.6 Å². The molecule has 2 aromatic rings. The summed E-state index contributed by atoms with van der Waals surface area (Å²) in [6.07, 6.45) is -3.25. The molecule has 29 heavy (non-hydrogen) atoms. The smallest absolute Gasteiger partial charge is 0.475 e. The molecule has 10 heteroatoms. The Hall–Kier alpha value is -1.48. The molecule has 0 atom stereocenters. The molecule has 0 bridgehead atoms. The van der Waals surface area contributed by atoms with Crippen LogP contribution in [0.4, 0.5) is 17.6 Å². The fourth-order valence-electron chi connectivity index (χ4n) is 2.71. The monoisotopic (exact) mass is 469 g/mol. The number of carbonyl (C=O) groups is 1. The Bertz CT molecular complexity index is 878. The number of halogens is 6.